The van der Waals surface area contributed by atoms with Crippen molar-refractivity contribution in [1.82, 2.24) is 4.98 Å². The van der Waals surface area contributed by atoms with Gasteiger partial charge in [0.05, 0.1) is 5.02 Å². The van der Waals surface area contributed by atoms with E-state index in [-0.39, 0.29) is 11.8 Å². The second kappa shape index (κ2) is 12.4. The molecule has 2 atom stereocenters. The smallest absolute Gasteiger partial charge is 0.221 e. The highest BCUT2D eigenvalue weighted by molar-refractivity contribution is 6.32. The van der Waals surface area contributed by atoms with Crippen LogP contribution in [0.3, 0.4) is 0 Å². The SMILES string of the molecule is CC(=O)Nc1ccc(C(CN)c2ccccc2)cc1.CC1CCCN(c2ncccc2Cl)C1. The van der Waals surface area contributed by atoms with Crippen LogP contribution in [0.25, 0.3) is 0 Å². The lowest BCUT2D eigenvalue weighted by molar-refractivity contribution is -0.114. The molecule has 33 heavy (non-hydrogen) atoms. The number of piperidine rings is 1. The molecule has 3 N–H and O–H groups in total. The summed E-state index contributed by atoms with van der Waals surface area (Å²) in [6.07, 6.45) is 4.37. The fourth-order valence-electron chi connectivity index (χ4n) is 4.14. The normalized spacial score (nSPS) is 16.4. The van der Waals surface area contributed by atoms with E-state index >= 15 is 0 Å². The van der Waals surface area contributed by atoms with E-state index in [1.54, 1.807) is 6.20 Å². The maximum absolute atomic E-state index is 11.0. The van der Waals surface area contributed by atoms with Crippen molar-refractivity contribution in [3.05, 3.63) is 89.1 Å². The van der Waals surface area contributed by atoms with Gasteiger partial charge in [0.15, 0.2) is 0 Å². The van der Waals surface area contributed by atoms with Gasteiger partial charge in [-0.1, -0.05) is 61.0 Å². The Morgan fingerprint density at radius 2 is 1.82 bits per heavy atom. The lowest BCUT2D eigenvalue weighted by Gasteiger charge is -2.32. The number of halogens is 1. The molecule has 0 aliphatic carbocycles. The van der Waals surface area contributed by atoms with Gasteiger partial charge in [-0.05, 0) is 54.2 Å². The first kappa shape index (κ1) is 24.7. The van der Waals surface area contributed by atoms with Crippen LogP contribution in [0, 0.1) is 5.92 Å². The molecule has 0 bridgehead atoms. The molecule has 1 aliphatic rings. The first-order valence-corrected chi connectivity index (χ1v) is 11.8. The Hall–Kier alpha value is -2.89. The maximum Gasteiger partial charge on any atom is 0.221 e. The molecule has 0 radical (unpaired) electrons. The topological polar surface area (TPSA) is 71.2 Å². The van der Waals surface area contributed by atoms with Gasteiger partial charge in [0, 0.05) is 44.4 Å². The summed E-state index contributed by atoms with van der Waals surface area (Å²) in [5.74, 6) is 1.82. The Morgan fingerprint density at radius 3 is 2.42 bits per heavy atom. The Kier molecular flexibility index (Phi) is 9.28. The first-order chi connectivity index (χ1) is 16.0. The summed E-state index contributed by atoms with van der Waals surface area (Å²) in [5, 5.41) is 3.52. The van der Waals surface area contributed by atoms with Gasteiger partial charge in [0.1, 0.15) is 5.82 Å². The van der Waals surface area contributed by atoms with E-state index in [0.29, 0.717) is 6.54 Å². The molecular weight excluding hydrogens is 432 g/mol. The number of nitrogens with zero attached hydrogens (tertiary/aromatic N) is 2. The molecular formula is C27H33ClN4O. The maximum atomic E-state index is 11.0. The lowest BCUT2D eigenvalue weighted by Crippen LogP contribution is -2.34. The average Bonchev–Trinajstić information content (AvgIpc) is 2.82. The van der Waals surface area contributed by atoms with Gasteiger partial charge in [-0.3, -0.25) is 4.79 Å². The zero-order valence-corrected chi connectivity index (χ0v) is 20.1. The quantitative estimate of drug-likeness (QED) is 0.507. The highest BCUT2D eigenvalue weighted by Crippen LogP contribution is 2.27. The van der Waals surface area contributed by atoms with Crippen molar-refractivity contribution in [2.45, 2.75) is 32.6 Å². The van der Waals surface area contributed by atoms with Crippen molar-refractivity contribution in [3.8, 4) is 0 Å². The summed E-state index contributed by atoms with van der Waals surface area (Å²) in [5.41, 5.74) is 9.05. The highest BCUT2D eigenvalue weighted by atomic mass is 35.5. The molecule has 1 saturated heterocycles. The number of carbonyl (C=O) groups excluding carboxylic acids is 1. The number of anilines is 2. The Morgan fingerprint density at radius 1 is 1.12 bits per heavy atom. The van der Waals surface area contributed by atoms with Crippen LogP contribution in [0.4, 0.5) is 11.5 Å². The second-order valence-electron chi connectivity index (χ2n) is 8.50. The number of aromatic nitrogens is 1. The molecule has 174 valence electrons. The van der Waals surface area contributed by atoms with E-state index in [4.69, 9.17) is 17.3 Å². The zero-order valence-electron chi connectivity index (χ0n) is 19.4. The molecule has 0 spiro atoms. The van der Waals surface area contributed by atoms with Crippen LogP contribution >= 0.6 is 11.6 Å². The van der Waals surface area contributed by atoms with Crippen molar-refractivity contribution >= 4 is 29.0 Å². The molecule has 2 heterocycles. The molecule has 4 rings (SSSR count). The van der Waals surface area contributed by atoms with E-state index < -0.39 is 0 Å². The number of hydrogen-bond donors (Lipinski definition) is 2. The first-order valence-electron chi connectivity index (χ1n) is 11.5. The molecule has 1 fully saturated rings. The molecule has 5 nitrogen and oxygen atoms in total. The second-order valence-corrected chi connectivity index (χ2v) is 8.91. The number of hydrogen-bond acceptors (Lipinski definition) is 4. The summed E-state index contributed by atoms with van der Waals surface area (Å²) in [6, 6.07) is 21.8. The van der Waals surface area contributed by atoms with E-state index in [1.165, 1.54) is 25.3 Å². The molecule has 0 saturated carbocycles. The molecule has 6 heteroatoms. The van der Waals surface area contributed by atoms with Crippen molar-refractivity contribution in [2.75, 3.05) is 29.9 Å². The van der Waals surface area contributed by atoms with Crippen LogP contribution in [-0.4, -0.2) is 30.5 Å². The number of amides is 1. The van der Waals surface area contributed by atoms with Crippen molar-refractivity contribution in [1.29, 1.82) is 0 Å². The molecule has 1 aliphatic heterocycles. The Balaban J connectivity index is 0.000000194. The van der Waals surface area contributed by atoms with E-state index in [1.807, 2.05) is 54.6 Å². The summed E-state index contributed by atoms with van der Waals surface area (Å²) in [4.78, 5) is 17.6. The fraction of sp³-hybridized carbons (Fsp3) is 0.333. The minimum Gasteiger partial charge on any atom is -0.355 e. The predicted octanol–water partition coefficient (Wildman–Crippen LogP) is 5.71. The zero-order chi connectivity index (χ0) is 23.6. The Labute approximate surface area is 202 Å². The molecule has 1 aromatic heterocycles. The van der Waals surface area contributed by atoms with Gasteiger partial charge >= 0.3 is 0 Å². The van der Waals surface area contributed by atoms with E-state index in [0.717, 1.165) is 41.1 Å². The monoisotopic (exact) mass is 464 g/mol. The molecule has 3 aromatic rings. The number of nitrogens with two attached hydrogens (primary N) is 1. The van der Waals surface area contributed by atoms with Crippen LogP contribution < -0.4 is 16.0 Å². The highest BCUT2D eigenvalue weighted by Gasteiger charge is 2.19. The number of benzene rings is 2. The summed E-state index contributed by atoms with van der Waals surface area (Å²) in [6.45, 7) is 6.50. The van der Waals surface area contributed by atoms with E-state index in [2.05, 4.69) is 34.3 Å². The van der Waals surface area contributed by atoms with Gasteiger partial charge in [-0.25, -0.2) is 4.98 Å². The third-order valence-corrected chi connectivity index (χ3v) is 6.06. The molecule has 1 amide bonds. The fourth-order valence-corrected chi connectivity index (χ4v) is 4.38. The third-order valence-electron chi connectivity index (χ3n) is 5.77. The van der Waals surface area contributed by atoms with E-state index in [9.17, 15) is 4.79 Å². The lowest BCUT2D eigenvalue weighted by atomic mass is 9.91. The number of nitrogens with one attached hydrogen (secondary N) is 1. The minimum atomic E-state index is -0.0637. The number of pyridine rings is 1. The standard InChI is InChI=1S/C16H18N2O.C11H15ClN2/c1-12(19)18-15-9-7-14(8-10-15)16(11-17)13-5-3-2-4-6-13;1-9-4-3-7-14(8-9)11-10(12)5-2-6-13-11/h2-10,16H,11,17H2,1H3,(H,18,19);2,5-6,9H,3-4,7-8H2,1H3. The summed E-state index contributed by atoms with van der Waals surface area (Å²) >= 11 is 6.10. The van der Waals surface area contributed by atoms with Gasteiger partial charge in [0.25, 0.3) is 0 Å². The van der Waals surface area contributed by atoms with Gasteiger partial charge in [-0.2, -0.15) is 0 Å². The predicted molar refractivity (Wildman–Crippen MR) is 138 cm³/mol. The van der Waals surface area contributed by atoms with Gasteiger partial charge in [-0.15, -0.1) is 0 Å². The summed E-state index contributed by atoms with van der Waals surface area (Å²) < 4.78 is 0. The van der Waals surface area contributed by atoms with Crippen LogP contribution in [0.5, 0.6) is 0 Å². The van der Waals surface area contributed by atoms with Crippen LogP contribution in [-0.2, 0) is 4.79 Å². The molecule has 2 aromatic carbocycles. The average molecular weight is 465 g/mol. The van der Waals surface area contributed by atoms with Crippen molar-refractivity contribution in [2.24, 2.45) is 11.7 Å². The Bertz CT molecular complexity index is 1010. The largest absolute Gasteiger partial charge is 0.355 e. The van der Waals surface area contributed by atoms with Crippen LogP contribution in [0.1, 0.15) is 43.7 Å². The van der Waals surface area contributed by atoms with Gasteiger partial charge in [0.2, 0.25) is 5.91 Å². The van der Waals surface area contributed by atoms with Crippen molar-refractivity contribution in [3.63, 3.8) is 0 Å². The van der Waals surface area contributed by atoms with Crippen molar-refractivity contribution < 1.29 is 4.79 Å². The van der Waals surface area contributed by atoms with Crippen LogP contribution in [0.15, 0.2) is 72.9 Å². The van der Waals surface area contributed by atoms with Gasteiger partial charge < -0.3 is 16.0 Å². The number of carbonyl (C=O) groups is 1. The number of rotatable bonds is 5. The third kappa shape index (κ3) is 7.31. The summed E-state index contributed by atoms with van der Waals surface area (Å²) in [7, 11) is 0. The van der Waals surface area contributed by atoms with Crippen LogP contribution in [0.2, 0.25) is 5.02 Å². The minimum absolute atomic E-state index is 0.0637. The molecule has 2 unspecified atom stereocenters.